The van der Waals surface area contributed by atoms with Gasteiger partial charge in [-0.3, -0.25) is 0 Å². The van der Waals surface area contributed by atoms with Gasteiger partial charge in [0.2, 0.25) is 0 Å². The number of anilines is 1. The van der Waals surface area contributed by atoms with E-state index in [4.69, 9.17) is 0 Å². The topological polar surface area (TPSA) is 41.1 Å². The Morgan fingerprint density at radius 2 is 2.06 bits per heavy atom. The van der Waals surface area contributed by atoms with Crippen LogP contribution >= 0.6 is 15.9 Å². The normalized spacial score (nSPS) is 10.2. The SMILES string of the molecule is CCC(CC)NC(=O)Nc1cccc(Br)c1. The molecule has 0 aliphatic heterocycles. The summed E-state index contributed by atoms with van der Waals surface area (Å²) in [4.78, 5) is 11.6. The maximum atomic E-state index is 11.6. The number of hydrogen-bond donors (Lipinski definition) is 2. The van der Waals surface area contributed by atoms with Crippen molar-refractivity contribution in [3.05, 3.63) is 28.7 Å². The molecule has 0 spiro atoms. The zero-order valence-electron chi connectivity index (χ0n) is 9.59. The molecule has 1 rings (SSSR count). The standard InChI is InChI=1S/C12H17BrN2O/c1-3-10(4-2)14-12(16)15-11-7-5-6-9(13)8-11/h5-8,10H,3-4H2,1-2H3,(H2,14,15,16). The first-order chi connectivity index (χ1) is 7.65. The monoisotopic (exact) mass is 284 g/mol. The molecule has 0 fully saturated rings. The largest absolute Gasteiger partial charge is 0.335 e. The molecule has 0 bridgehead atoms. The van der Waals surface area contributed by atoms with Crippen LogP contribution in [0.4, 0.5) is 10.5 Å². The highest BCUT2D eigenvalue weighted by Crippen LogP contribution is 2.15. The maximum Gasteiger partial charge on any atom is 0.319 e. The number of hydrogen-bond acceptors (Lipinski definition) is 1. The van der Waals surface area contributed by atoms with Crippen molar-refractivity contribution >= 4 is 27.6 Å². The molecule has 4 heteroatoms. The van der Waals surface area contributed by atoms with E-state index in [1.165, 1.54) is 0 Å². The smallest absolute Gasteiger partial charge is 0.319 e. The lowest BCUT2D eigenvalue weighted by molar-refractivity contribution is 0.247. The van der Waals surface area contributed by atoms with Crippen molar-refractivity contribution in [1.29, 1.82) is 0 Å². The first-order valence-electron chi connectivity index (χ1n) is 5.48. The van der Waals surface area contributed by atoms with E-state index in [-0.39, 0.29) is 12.1 Å². The summed E-state index contributed by atoms with van der Waals surface area (Å²) in [6.45, 7) is 4.13. The van der Waals surface area contributed by atoms with E-state index in [9.17, 15) is 4.79 Å². The van der Waals surface area contributed by atoms with Crippen LogP contribution in [0.1, 0.15) is 26.7 Å². The fourth-order valence-electron chi connectivity index (χ4n) is 1.41. The van der Waals surface area contributed by atoms with E-state index in [0.717, 1.165) is 23.0 Å². The summed E-state index contributed by atoms with van der Waals surface area (Å²) in [5, 5.41) is 5.72. The third-order valence-corrected chi connectivity index (χ3v) is 2.90. The van der Waals surface area contributed by atoms with Gasteiger partial charge in [-0.05, 0) is 31.0 Å². The van der Waals surface area contributed by atoms with Gasteiger partial charge >= 0.3 is 6.03 Å². The number of halogens is 1. The molecule has 0 aromatic heterocycles. The predicted molar refractivity (Wildman–Crippen MR) is 70.7 cm³/mol. The Balaban J connectivity index is 2.51. The van der Waals surface area contributed by atoms with Gasteiger partial charge < -0.3 is 10.6 Å². The number of carbonyl (C=O) groups is 1. The molecule has 16 heavy (non-hydrogen) atoms. The highest BCUT2D eigenvalue weighted by atomic mass is 79.9. The van der Waals surface area contributed by atoms with Gasteiger partial charge in [-0.2, -0.15) is 0 Å². The summed E-state index contributed by atoms with van der Waals surface area (Å²) in [5.74, 6) is 0. The van der Waals surface area contributed by atoms with Gasteiger partial charge in [0.1, 0.15) is 0 Å². The molecule has 0 saturated carbocycles. The van der Waals surface area contributed by atoms with Crippen LogP contribution in [-0.4, -0.2) is 12.1 Å². The van der Waals surface area contributed by atoms with E-state index >= 15 is 0 Å². The molecular weight excluding hydrogens is 268 g/mol. The number of amides is 2. The highest BCUT2D eigenvalue weighted by Gasteiger charge is 2.07. The molecule has 0 saturated heterocycles. The van der Waals surface area contributed by atoms with Crippen molar-refractivity contribution in [1.82, 2.24) is 5.32 Å². The number of nitrogens with one attached hydrogen (secondary N) is 2. The van der Waals surface area contributed by atoms with E-state index in [0.29, 0.717) is 0 Å². The van der Waals surface area contributed by atoms with Gasteiger partial charge in [0.15, 0.2) is 0 Å². The zero-order valence-corrected chi connectivity index (χ0v) is 11.2. The average molecular weight is 285 g/mol. The summed E-state index contributed by atoms with van der Waals surface area (Å²) in [7, 11) is 0. The van der Waals surface area contributed by atoms with Crippen LogP contribution in [0, 0.1) is 0 Å². The van der Waals surface area contributed by atoms with Gasteiger partial charge in [-0.15, -0.1) is 0 Å². The number of rotatable bonds is 4. The van der Waals surface area contributed by atoms with Crippen molar-refractivity contribution in [2.24, 2.45) is 0 Å². The van der Waals surface area contributed by atoms with Crippen molar-refractivity contribution in [2.75, 3.05) is 5.32 Å². The second kappa shape index (κ2) is 6.53. The van der Waals surface area contributed by atoms with Crippen LogP contribution in [0.2, 0.25) is 0 Å². The molecule has 1 aromatic rings. The van der Waals surface area contributed by atoms with Crippen LogP contribution < -0.4 is 10.6 Å². The third kappa shape index (κ3) is 4.23. The van der Waals surface area contributed by atoms with Crippen molar-refractivity contribution < 1.29 is 4.79 Å². The van der Waals surface area contributed by atoms with Gasteiger partial charge in [0.25, 0.3) is 0 Å². The predicted octanol–water partition coefficient (Wildman–Crippen LogP) is 3.76. The Bertz CT molecular complexity index is 351. The number of carbonyl (C=O) groups excluding carboxylic acids is 1. The van der Waals surface area contributed by atoms with Gasteiger partial charge in [-0.1, -0.05) is 35.8 Å². The third-order valence-electron chi connectivity index (χ3n) is 2.40. The van der Waals surface area contributed by atoms with Crippen LogP contribution in [0.5, 0.6) is 0 Å². The maximum absolute atomic E-state index is 11.6. The van der Waals surface area contributed by atoms with Crippen LogP contribution in [0.25, 0.3) is 0 Å². The van der Waals surface area contributed by atoms with Crippen molar-refractivity contribution in [2.45, 2.75) is 32.7 Å². The van der Waals surface area contributed by atoms with Crippen molar-refractivity contribution in [3.8, 4) is 0 Å². The van der Waals surface area contributed by atoms with Gasteiger partial charge in [-0.25, -0.2) is 4.79 Å². The summed E-state index contributed by atoms with van der Waals surface area (Å²) < 4.78 is 0.952. The van der Waals surface area contributed by atoms with E-state index in [1.54, 1.807) is 0 Å². The van der Waals surface area contributed by atoms with Gasteiger partial charge in [0, 0.05) is 16.2 Å². The lowest BCUT2D eigenvalue weighted by atomic mass is 10.2. The fraction of sp³-hybridized carbons (Fsp3) is 0.417. The quantitative estimate of drug-likeness (QED) is 0.869. The summed E-state index contributed by atoms with van der Waals surface area (Å²) in [6.07, 6.45) is 1.89. The minimum Gasteiger partial charge on any atom is -0.335 e. The molecule has 0 aliphatic carbocycles. The molecule has 0 heterocycles. The van der Waals surface area contributed by atoms with E-state index < -0.39 is 0 Å². The Labute approximate surface area is 105 Å². The minimum atomic E-state index is -0.146. The average Bonchev–Trinajstić information content (AvgIpc) is 2.26. The van der Waals surface area contributed by atoms with Crippen LogP contribution in [0.3, 0.4) is 0 Å². The van der Waals surface area contributed by atoms with E-state index in [2.05, 4.69) is 40.4 Å². The lowest BCUT2D eigenvalue weighted by Gasteiger charge is -2.15. The number of urea groups is 1. The molecule has 88 valence electrons. The molecule has 3 nitrogen and oxygen atoms in total. The van der Waals surface area contributed by atoms with Crippen LogP contribution in [0.15, 0.2) is 28.7 Å². The fourth-order valence-corrected chi connectivity index (χ4v) is 1.81. The molecule has 0 atom stereocenters. The Morgan fingerprint density at radius 1 is 1.38 bits per heavy atom. The molecule has 2 amide bonds. The highest BCUT2D eigenvalue weighted by molar-refractivity contribution is 9.10. The van der Waals surface area contributed by atoms with Gasteiger partial charge in [0.05, 0.1) is 0 Å². The summed E-state index contributed by atoms with van der Waals surface area (Å²) in [5.41, 5.74) is 0.790. The Morgan fingerprint density at radius 3 is 2.62 bits per heavy atom. The lowest BCUT2D eigenvalue weighted by Crippen LogP contribution is -2.37. The Kier molecular flexibility index (Phi) is 5.32. The van der Waals surface area contributed by atoms with Crippen LogP contribution in [-0.2, 0) is 0 Å². The second-order valence-corrected chi connectivity index (χ2v) is 4.54. The molecule has 1 aromatic carbocycles. The second-order valence-electron chi connectivity index (χ2n) is 3.62. The molecule has 0 radical (unpaired) electrons. The summed E-state index contributed by atoms with van der Waals surface area (Å²) >= 11 is 3.36. The summed E-state index contributed by atoms with van der Waals surface area (Å²) in [6, 6.07) is 7.63. The number of benzene rings is 1. The minimum absolute atomic E-state index is 0.146. The first-order valence-corrected chi connectivity index (χ1v) is 6.28. The molecule has 2 N–H and O–H groups in total. The van der Waals surface area contributed by atoms with Crippen molar-refractivity contribution in [3.63, 3.8) is 0 Å². The molecule has 0 aliphatic rings. The first kappa shape index (κ1) is 13.0. The molecule has 0 unspecified atom stereocenters. The Hall–Kier alpha value is -1.03. The zero-order chi connectivity index (χ0) is 12.0. The van der Waals surface area contributed by atoms with E-state index in [1.807, 2.05) is 24.3 Å². The molecular formula is C12H17BrN2O.